The monoisotopic (exact) mass is 375 g/mol. The molecule has 0 aromatic heterocycles. The van der Waals surface area contributed by atoms with Gasteiger partial charge in [-0.25, -0.2) is 0 Å². The van der Waals surface area contributed by atoms with Gasteiger partial charge in [-0.15, -0.1) is 11.8 Å². The van der Waals surface area contributed by atoms with Crippen LogP contribution in [0.2, 0.25) is 5.02 Å². The number of hydrogen-bond donors (Lipinski definition) is 0. The van der Waals surface area contributed by atoms with E-state index in [-0.39, 0.29) is 0 Å². The van der Waals surface area contributed by atoms with Gasteiger partial charge < -0.3 is 0 Å². The molecule has 1 unspecified atom stereocenters. The molecule has 0 saturated heterocycles. The molecule has 3 aromatic carbocycles. The van der Waals surface area contributed by atoms with Gasteiger partial charge in [-0.1, -0.05) is 78.3 Å². The summed E-state index contributed by atoms with van der Waals surface area (Å²) in [5.41, 5.74) is 4.51. The van der Waals surface area contributed by atoms with Gasteiger partial charge in [0.1, 0.15) is 0 Å². The van der Waals surface area contributed by atoms with Crippen molar-refractivity contribution in [2.24, 2.45) is 4.99 Å². The maximum Gasteiger partial charge on any atom is 0.0783 e. The van der Waals surface area contributed by atoms with Gasteiger partial charge in [0.15, 0.2) is 0 Å². The van der Waals surface area contributed by atoms with E-state index in [1.165, 1.54) is 16.0 Å². The largest absolute Gasteiger partial charge is 0.252 e. The van der Waals surface area contributed by atoms with Crippen molar-refractivity contribution in [3.8, 4) is 0 Å². The predicted octanol–water partition coefficient (Wildman–Crippen LogP) is 7.36. The summed E-state index contributed by atoms with van der Waals surface area (Å²) in [6.07, 6.45) is 5.13. The number of nitrogens with zero attached hydrogens (tertiary/aromatic N) is 1. The molecule has 0 aliphatic carbocycles. The van der Waals surface area contributed by atoms with Gasteiger partial charge in [0.25, 0.3) is 0 Å². The average molecular weight is 376 g/mol. The van der Waals surface area contributed by atoms with Crippen molar-refractivity contribution in [2.45, 2.75) is 16.6 Å². The summed E-state index contributed by atoms with van der Waals surface area (Å²) in [6.45, 7) is 0. The summed E-state index contributed by atoms with van der Waals surface area (Å²) in [6, 6.07) is 26.9. The van der Waals surface area contributed by atoms with Crippen molar-refractivity contribution in [1.29, 1.82) is 0 Å². The molecule has 3 aromatic rings. The van der Waals surface area contributed by atoms with E-state index in [1.54, 1.807) is 0 Å². The molecule has 1 nitrogen and oxygen atoms in total. The van der Waals surface area contributed by atoms with E-state index >= 15 is 0 Å². The minimum atomic E-state index is 0.331. The third kappa shape index (κ3) is 4.09. The van der Waals surface area contributed by atoms with Crippen molar-refractivity contribution < 1.29 is 0 Å². The highest BCUT2D eigenvalue weighted by molar-refractivity contribution is 7.99. The molecular weight excluding hydrogens is 358 g/mol. The lowest BCUT2D eigenvalue weighted by molar-refractivity contribution is 1.01. The van der Waals surface area contributed by atoms with Gasteiger partial charge in [-0.05, 0) is 35.4 Å². The molecule has 1 heterocycles. The van der Waals surface area contributed by atoms with E-state index in [1.807, 2.05) is 42.1 Å². The van der Waals surface area contributed by atoms with Gasteiger partial charge in [0.2, 0.25) is 0 Å². The summed E-state index contributed by atoms with van der Waals surface area (Å²) in [5.74, 6) is 0. The fourth-order valence-electron chi connectivity index (χ4n) is 2.98. The zero-order valence-electron chi connectivity index (χ0n) is 14.2. The molecule has 1 aliphatic rings. The van der Waals surface area contributed by atoms with Crippen LogP contribution in [0.3, 0.4) is 0 Å². The van der Waals surface area contributed by atoms with Crippen molar-refractivity contribution in [3.63, 3.8) is 0 Å². The summed E-state index contributed by atoms with van der Waals surface area (Å²) >= 11 is 8.07. The fourth-order valence-corrected chi connectivity index (χ4v) is 4.37. The van der Waals surface area contributed by atoms with Gasteiger partial charge >= 0.3 is 0 Å². The molecular formula is C23H18ClNS. The smallest absolute Gasteiger partial charge is 0.0783 e. The molecule has 26 heavy (non-hydrogen) atoms. The van der Waals surface area contributed by atoms with E-state index in [2.05, 4.69) is 60.7 Å². The van der Waals surface area contributed by atoms with Crippen molar-refractivity contribution >= 4 is 40.8 Å². The summed E-state index contributed by atoms with van der Waals surface area (Å²) < 4.78 is 0. The lowest BCUT2D eigenvalue weighted by Gasteiger charge is -2.15. The zero-order valence-corrected chi connectivity index (χ0v) is 15.8. The molecule has 1 atom stereocenters. The van der Waals surface area contributed by atoms with Crippen molar-refractivity contribution in [3.05, 3.63) is 101 Å². The first-order valence-electron chi connectivity index (χ1n) is 8.60. The van der Waals surface area contributed by atoms with Crippen LogP contribution in [0, 0.1) is 0 Å². The van der Waals surface area contributed by atoms with Crippen LogP contribution >= 0.6 is 23.4 Å². The molecule has 0 radical (unpaired) electrons. The Hall–Kier alpha value is -2.29. The second-order valence-corrected chi connectivity index (χ2v) is 7.86. The molecule has 0 amide bonds. The van der Waals surface area contributed by atoms with Crippen LogP contribution in [-0.4, -0.2) is 5.71 Å². The van der Waals surface area contributed by atoms with E-state index in [0.717, 1.165) is 22.8 Å². The lowest BCUT2D eigenvalue weighted by atomic mass is 10.1. The van der Waals surface area contributed by atoms with Crippen LogP contribution in [0.1, 0.15) is 22.8 Å². The highest BCUT2D eigenvalue weighted by Crippen LogP contribution is 2.45. The van der Waals surface area contributed by atoms with E-state index in [4.69, 9.17) is 16.6 Å². The molecule has 0 spiro atoms. The zero-order chi connectivity index (χ0) is 17.8. The number of benzene rings is 3. The first-order chi connectivity index (χ1) is 12.8. The first-order valence-corrected chi connectivity index (χ1v) is 9.85. The number of rotatable bonds is 3. The third-order valence-electron chi connectivity index (χ3n) is 4.29. The van der Waals surface area contributed by atoms with Gasteiger partial charge in [0, 0.05) is 27.3 Å². The summed E-state index contributed by atoms with van der Waals surface area (Å²) in [5, 5.41) is 1.05. The average Bonchev–Trinajstić information content (AvgIpc) is 2.87. The van der Waals surface area contributed by atoms with Crippen LogP contribution in [-0.2, 0) is 0 Å². The van der Waals surface area contributed by atoms with Gasteiger partial charge in [-0.3, -0.25) is 4.99 Å². The van der Waals surface area contributed by atoms with E-state index in [9.17, 15) is 0 Å². The highest BCUT2D eigenvalue weighted by atomic mass is 35.5. The molecule has 0 N–H and O–H groups in total. The summed E-state index contributed by atoms with van der Waals surface area (Å²) in [7, 11) is 0. The Bertz CT molecular complexity index is 948. The number of halogens is 1. The maximum atomic E-state index is 6.21. The van der Waals surface area contributed by atoms with Gasteiger partial charge in [0.05, 0.1) is 5.69 Å². The Morgan fingerprint density at radius 3 is 2.38 bits per heavy atom. The number of fused-ring (bicyclic) bond motifs is 1. The van der Waals surface area contributed by atoms with Gasteiger partial charge in [-0.2, -0.15) is 0 Å². The number of thioether (sulfide) groups is 1. The molecule has 0 saturated carbocycles. The number of aliphatic imine (C=N–C) groups is 1. The quantitative estimate of drug-likeness (QED) is 0.465. The minimum absolute atomic E-state index is 0.331. The Labute approximate surface area is 163 Å². The lowest BCUT2D eigenvalue weighted by Crippen LogP contribution is -2.00. The molecule has 4 rings (SSSR count). The van der Waals surface area contributed by atoms with E-state index < -0.39 is 0 Å². The van der Waals surface area contributed by atoms with Crippen LogP contribution in [0.15, 0.2) is 94.8 Å². The summed E-state index contributed by atoms with van der Waals surface area (Å²) in [4.78, 5) is 6.09. The van der Waals surface area contributed by atoms with E-state index in [0.29, 0.717) is 5.25 Å². The Kier molecular flexibility index (Phi) is 5.24. The van der Waals surface area contributed by atoms with Crippen molar-refractivity contribution in [2.75, 3.05) is 0 Å². The Balaban J connectivity index is 1.72. The number of allylic oxidation sites excluding steroid dienone is 1. The highest BCUT2D eigenvalue weighted by Gasteiger charge is 2.20. The van der Waals surface area contributed by atoms with Crippen LogP contribution in [0.5, 0.6) is 0 Å². The standard InChI is InChI=1S/C23H18ClNS/c24-19-12-14-22-21(15-19)25-20(13-11-17-7-3-1-4-8-17)16-23(26-22)18-9-5-2-6-10-18/h1-15,23H,16H2/b13-11+. The third-order valence-corrected chi connectivity index (χ3v) is 5.85. The number of hydrogen-bond acceptors (Lipinski definition) is 2. The predicted molar refractivity (Wildman–Crippen MR) is 114 cm³/mol. The minimum Gasteiger partial charge on any atom is -0.252 e. The van der Waals surface area contributed by atoms with Crippen LogP contribution in [0.25, 0.3) is 6.08 Å². The molecule has 0 fully saturated rings. The molecule has 0 bridgehead atoms. The fraction of sp³-hybridized carbons (Fsp3) is 0.0870. The second-order valence-electron chi connectivity index (χ2n) is 6.18. The Morgan fingerprint density at radius 1 is 0.885 bits per heavy atom. The maximum absolute atomic E-state index is 6.21. The molecule has 1 aliphatic heterocycles. The topological polar surface area (TPSA) is 12.4 Å². The Morgan fingerprint density at radius 2 is 1.62 bits per heavy atom. The SMILES string of the molecule is Clc1ccc2c(c1)N=C(/C=C/c1ccccc1)CC(c1ccccc1)S2. The van der Waals surface area contributed by atoms with Crippen LogP contribution in [0.4, 0.5) is 5.69 Å². The van der Waals surface area contributed by atoms with Crippen LogP contribution < -0.4 is 0 Å². The second kappa shape index (κ2) is 7.94. The normalized spacial score (nSPS) is 16.8. The van der Waals surface area contributed by atoms with Crippen molar-refractivity contribution in [1.82, 2.24) is 0 Å². The molecule has 3 heteroatoms. The first kappa shape index (κ1) is 17.1. The molecule has 128 valence electrons.